The van der Waals surface area contributed by atoms with Gasteiger partial charge in [-0.2, -0.15) is 4.90 Å². The monoisotopic (exact) mass is 376 g/mol. The molecule has 0 spiro atoms. The van der Waals surface area contributed by atoms with Gasteiger partial charge in [0.2, 0.25) is 0 Å². The first-order chi connectivity index (χ1) is 11.6. The first-order valence-corrected chi connectivity index (χ1v) is 8.37. The van der Waals surface area contributed by atoms with Crippen LogP contribution in [0.2, 0.25) is 0 Å². The van der Waals surface area contributed by atoms with Crippen LogP contribution in [0.5, 0.6) is 0 Å². The molecule has 0 aromatic carbocycles. The number of hydrogen-bond acceptors (Lipinski definition) is 7. The van der Waals surface area contributed by atoms with Crippen LogP contribution >= 0.6 is 0 Å². The molecule has 1 fully saturated rings. The number of nitrogens with zero attached hydrogens (tertiary/aromatic N) is 1. The molecule has 0 heterocycles. The topological polar surface area (TPSA) is 108 Å². The van der Waals surface area contributed by atoms with Gasteiger partial charge in [0.25, 0.3) is 0 Å². The van der Waals surface area contributed by atoms with E-state index in [-0.39, 0.29) is 13.0 Å². The Morgan fingerprint density at radius 2 is 1.46 bits per heavy atom. The van der Waals surface area contributed by atoms with Crippen molar-refractivity contribution in [3.8, 4) is 0 Å². The van der Waals surface area contributed by atoms with Crippen LogP contribution in [-0.4, -0.2) is 59.1 Å². The maximum Gasteiger partial charge on any atom is 0.420 e. The summed E-state index contributed by atoms with van der Waals surface area (Å²) in [6.07, 6.45) is -3.03. The summed E-state index contributed by atoms with van der Waals surface area (Å²) in [5.74, 6) is -1.06. The summed E-state index contributed by atoms with van der Waals surface area (Å²) in [5.41, 5.74) is -0.888. The van der Waals surface area contributed by atoms with Gasteiger partial charge in [-0.15, -0.1) is 0 Å². The lowest BCUT2D eigenvalue weighted by molar-refractivity contribution is -0.150. The highest BCUT2D eigenvalue weighted by atomic mass is 19.1. The van der Waals surface area contributed by atoms with Gasteiger partial charge in [0.1, 0.15) is 16.9 Å². The fraction of sp³-hybridized carbons (Fsp3) is 0.824. The third-order valence-corrected chi connectivity index (χ3v) is 3.75. The second kappa shape index (κ2) is 7.02. The summed E-state index contributed by atoms with van der Waals surface area (Å²) in [5, 5.41) is 0. The third kappa shape index (κ3) is 4.44. The quantitative estimate of drug-likeness (QED) is 0.593. The molecule has 1 rings (SSSR count). The minimum Gasteiger partial charge on any atom is -0.467 e. The molecule has 0 aromatic rings. The number of amides is 2. The number of hydrogen-bond donors (Lipinski definition) is 1. The Morgan fingerprint density at radius 1 is 1.04 bits per heavy atom. The van der Waals surface area contributed by atoms with E-state index in [0.717, 1.165) is 7.11 Å². The summed E-state index contributed by atoms with van der Waals surface area (Å²) in [6.45, 7) is 9.41. The van der Waals surface area contributed by atoms with E-state index in [0.29, 0.717) is 4.90 Å². The highest BCUT2D eigenvalue weighted by Crippen LogP contribution is 2.58. The molecule has 2 N–H and O–H groups in total. The zero-order valence-electron chi connectivity index (χ0n) is 16.5. The minimum absolute atomic E-state index is 0.0777. The van der Waals surface area contributed by atoms with Crippen molar-refractivity contribution in [2.45, 2.75) is 76.8 Å². The Hall–Kier alpha value is -1.90. The van der Waals surface area contributed by atoms with Crippen LogP contribution < -0.4 is 5.73 Å². The van der Waals surface area contributed by atoms with Crippen molar-refractivity contribution in [3.63, 3.8) is 0 Å². The summed E-state index contributed by atoms with van der Waals surface area (Å²) in [4.78, 5) is 38.2. The molecule has 26 heavy (non-hydrogen) atoms. The lowest BCUT2D eigenvalue weighted by Gasteiger charge is -2.33. The molecule has 8 nitrogen and oxygen atoms in total. The number of carbonyl (C=O) groups is 3. The molecule has 0 aliphatic heterocycles. The van der Waals surface area contributed by atoms with Crippen LogP contribution in [0.4, 0.5) is 14.0 Å². The van der Waals surface area contributed by atoms with Gasteiger partial charge >= 0.3 is 18.2 Å². The van der Waals surface area contributed by atoms with E-state index >= 15 is 4.39 Å². The Balaban J connectivity index is 3.39. The van der Waals surface area contributed by atoms with E-state index in [1.165, 1.54) is 0 Å². The second-order valence-electron chi connectivity index (χ2n) is 8.33. The van der Waals surface area contributed by atoms with Gasteiger partial charge in [-0.3, -0.25) is 0 Å². The molecule has 9 heteroatoms. The fourth-order valence-corrected chi connectivity index (χ4v) is 2.68. The van der Waals surface area contributed by atoms with Gasteiger partial charge in [-0.1, -0.05) is 0 Å². The van der Waals surface area contributed by atoms with Crippen LogP contribution in [0, 0.1) is 0 Å². The van der Waals surface area contributed by atoms with E-state index in [1.54, 1.807) is 41.5 Å². The van der Waals surface area contributed by atoms with Crippen molar-refractivity contribution >= 4 is 18.2 Å². The summed E-state index contributed by atoms with van der Waals surface area (Å²) < 4.78 is 30.4. The number of methoxy groups -OCH3 is 1. The molecular weight excluding hydrogens is 347 g/mol. The van der Waals surface area contributed by atoms with Crippen molar-refractivity contribution in [2.75, 3.05) is 13.7 Å². The summed E-state index contributed by atoms with van der Waals surface area (Å²) in [6, 6.07) is 0. The average Bonchev–Trinajstić information content (AvgIpc) is 3.00. The molecule has 150 valence electrons. The molecule has 1 aliphatic carbocycles. The molecule has 1 aliphatic rings. The number of alkyl halides is 1. The maximum absolute atomic E-state index is 15.3. The van der Waals surface area contributed by atoms with Gasteiger partial charge < -0.3 is 19.9 Å². The molecule has 1 saturated carbocycles. The number of rotatable bonds is 4. The van der Waals surface area contributed by atoms with Crippen LogP contribution in [0.1, 0.15) is 54.4 Å². The Labute approximate surface area is 153 Å². The lowest BCUT2D eigenvalue weighted by Crippen LogP contribution is -2.57. The van der Waals surface area contributed by atoms with Gasteiger partial charge in [0, 0.05) is 6.42 Å². The zero-order valence-corrected chi connectivity index (χ0v) is 16.5. The number of carbonyl (C=O) groups excluding carboxylic acids is 3. The second-order valence-corrected chi connectivity index (χ2v) is 8.33. The standard InChI is InChI=1S/C17H29FN2O6/c1-14(2,3)25-12(22)20(13(23)26-15(4,5)6)17(11(21)24-7)10-16(17,18)8-9-19/h8-10,19H2,1-7H3/t16-,17-/m0/s1. The summed E-state index contributed by atoms with van der Waals surface area (Å²) >= 11 is 0. The molecule has 2 atom stereocenters. The SMILES string of the molecule is COC(=O)[C@@]1(N(C(=O)OC(C)(C)C)C(=O)OC(C)(C)C)C[C@@]1(F)CCN. The number of imide groups is 1. The first kappa shape index (κ1) is 22.1. The zero-order chi connectivity index (χ0) is 20.6. The van der Waals surface area contributed by atoms with Crippen LogP contribution in [0.3, 0.4) is 0 Å². The predicted molar refractivity (Wildman–Crippen MR) is 91.2 cm³/mol. The van der Waals surface area contributed by atoms with Crippen LogP contribution in [0.15, 0.2) is 0 Å². The van der Waals surface area contributed by atoms with Gasteiger partial charge in [0.05, 0.1) is 7.11 Å². The predicted octanol–water partition coefficient (Wildman–Crippen LogP) is 2.53. The van der Waals surface area contributed by atoms with Gasteiger partial charge in [0.15, 0.2) is 5.54 Å². The lowest BCUT2D eigenvalue weighted by atomic mass is 10.1. The normalized spacial score (nSPS) is 25.3. The molecule has 0 saturated heterocycles. The number of esters is 1. The Morgan fingerprint density at radius 3 is 1.77 bits per heavy atom. The van der Waals surface area contributed by atoms with Gasteiger partial charge in [-0.05, 0) is 54.5 Å². The minimum atomic E-state index is -2.21. The summed E-state index contributed by atoms with van der Waals surface area (Å²) in [7, 11) is 1.05. The number of nitrogens with two attached hydrogens (primary N) is 1. The van der Waals surface area contributed by atoms with Crippen LogP contribution in [0.25, 0.3) is 0 Å². The van der Waals surface area contributed by atoms with Crippen molar-refractivity contribution in [1.82, 2.24) is 4.90 Å². The molecule has 0 radical (unpaired) electrons. The average molecular weight is 376 g/mol. The van der Waals surface area contributed by atoms with E-state index in [2.05, 4.69) is 4.74 Å². The molecule has 0 unspecified atom stereocenters. The molecule has 0 bridgehead atoms. The third-order valence-electron chi connectivity index (χ3n) is 3.75. The Kier molecular flexibility index (Phi) is 5.98. The van der Waals surface area contributed by atoms with E-state index < -0.39 is 47.0 Å². The highest BCUT2D eigenvalue weighted by Gasteiger charge is 2.80. The highest BCUT2D eigenvalue weighted by molar-refractivity contribution is 6.00. The fourth-order valence-electron chi connectivity index (χ4n) is 2.68. The molecular formula is C17H29FN2O6. The number of halogens is 1. The van der Waals surface area contributed by atoms with Crippen LogP contribution in [-0.2, 0) is 19.0 Å². The van der Waals surface area contributed by atoms with E-state index in [9.17, 15) is 14.4 Å². The maximum atomic E-state index is 15.3. The smallest absolute Gasteiger partial charge is 0.420 e. The molecule has 2 amide bonds. The van der Waals surface area contributed by atoms with Gasteiger partial charge in [-0.25, -0.2) is 18.8 Å². The van der Waals surface area contributed by atoms with Crippen molar-refractivity contribution < 1.29 is 33.0 Å². The van der Waals surface area contributed by atoms with Crippen molar-refractivity contribution in [2.24, 2.45) is 5.73 Å². The molecule has 0 aromatic heterocycles. The number of ether oxygens (including phenoxy) is 3. The van der Waals surface area contributed by atoms with E-state index in [1.807, 2.05) is 0 Å². The Bertz CT molecular complexity index is 555. The van der Waals surface area contributed by atoms with Crippen molar-refractivity contribution in [1.29, 1.82) is 0 Å². The van der Waals surface area contributed by atoms with Crippen molar-refractivity contribution in [3.05, 3.63) is 0 Å². The first-order valence-electron chi connectivity index (χ1n) is 8.37. The largest absolute Gasteiger partial charge is 0.467 e. The van der Waals surface area contributed by atoms with E-state index in [4.69, 9.17) is 15.2 Å².